The van der Waals surface area contributed by atoms with Gasteiger partial charge in [0.25, 0.3) is 0 Å². The molecule has 0 aliphatic heterocycles. The Bertz CT molecular complexity index is 677. The van der Waals surface area contributed by atoms with Crippen LogP contribution in [0.15, 0.2) is 12.2 Å². The average molecular weight is 596 g/mol. The van der Waals surface area contributed by atoms with Crippen molar-refractivity contribution in [3.63, 3.8) is 0 Å². The first-order chi connectivity index (χ1) is 20.2. The SMILES string of the molecule is CCCCCCCCCCCC/C=C/CCCCCC[N+](CC(CC)C(=O)[O-])(CC(CC)C(=O)O)CC(CC)C(=O)O. The number of unbranched alkanes of at least 4 members (excludes halogenated alkanes) is 14. The van der Waals surface area contributed by atoms with E-state index in [1.54, 1.807) is 6.92 Å². The molecule has 0 spiro atoms. The molecule has 0 aliphatic rings. The number of hydrogen-bond donors (Lipinski definition) is 2. The van der Waals surface area contributed by atoms with Gasteiger partial charge < -0.3 is 24.6 Å². The van der Waals surface area contributed by atoms with Gasteiger partial charge in [-0.15, -0.1) is 0 Å². The summed E-state index contributed by atoms with van der Waals surface area (Å²) in [6.07, 6.45) is 25.5. The maximum absolute atomic E-state index is 12.0. The van der Waals surface area contributed by atoms with E-state index in [0.29, 0.717) is 25.8 Å². The molecule has 3 unspecified atom stereocenters. The minimum absolute atomic E-state index is 0.209. The van der Waals surface area contributed by atoms with Gasteiger partial charge in [0.2, 0.25) is 0 Å². The molecular formula is C35H65NO6. The van der Waals surface area contributed by atoms with Crippen LogP contribution in [0.2, 0.25) is 0 Å². The minimum atomic E-state index is -1.14. The van der Waals surface area contributed by atoms with Crippen LogP contribution in [0.1, 0.15) is 150 Å². The fourth-order valence-electron chi connectivity index (χ4n) is 6.08. The Morgan fingerprint density at radius 1 is 0.571 bits per heavy atom. The van der Waals surface area contributed by atoms with E-state index in [-0.39, 0.29) is 24.1 Å². The molecule has 0 aromatic heterocycles. The lowest BCUT2D eigenvalue weighted by atomic mass is 9.95. The molecule has 0 rings (SSSR count). The van der Waals surface area contributed by atoms with Crippen LogP contribution in [0.3, 0.4) is 0 Å². The third kappa shape index (κ3) is 19.3. The van der Waals surface area contributed by atoms with Crippen molar-refractivity contribution in [1.29, 1.82) is 0 Å². The number of carbonyl (C=O) groups is 3. The minimum Gasteiger partial charge on any atom is -0.550 e. The summed E-state index contributed by atoms with van der Waals surface area (Å²) in [5.74, 6) is -4.98. The van der Waals surface area contributed by atoms with E-state index in [4.69, 9.17) is 0 Å². The van der Waals surface area contributed by atoms with Gasteiger partial charge in [-0.25, -0.2) is 0 Å². The summed E-state index contributed by atoms with van der Waals surface area (Å²) in [6, 6.07) is 0. The predicted molar refractivity (Wildman–Crippen MR) is 170 cm³/mol. The van der Waals surface area contributed by atoms with Gasteiger partial charge in [0.1, 0.15) is 11.8 Å². The standard InChI is InChI=1S/C35H65NO6/c1-5-9-10-11-12-13-14-15-16-17-18-19-20-21-22-23-24-25-26-36(27-30(6-2)33(37)38,28-31(7-3)34(39)40)29-32(8-4)35(41)42/h19-20,30-32H,5-18,21-29H2,1-4H3,(H2-,37,38,39,40,41,42)/b20-19+. The van der Waals surface area contributed by atoms with Crippen molar-refractivity contribution >= 4 is 17.9 Å². The smallest absolute Gasteiger partial charge is 0.312 e. The van der Waals surface area contributed by atoms with Crippen molar-refractivity contribution in [2.75, 3.05) is 26.2 Å². The second-order valence-corrected chi connectivity index (χ2v) is 12.6. The van der Waals surface area contributed by atoms with Gasteiger partial charge in [0, 0.05) is 5.92 Å². The van der Waals surface area contributed by atoms with Gasteiger partial charge in [0.05, 0.1) is 32.1 Å². The van der Waals surface area contributed by atoms with Gasteiger partial charge in [-0.1, -0.05) is 104 Å². The van der Waals surface area contributed by atoms with E-state index in [9.17, 15) is 29.7 Å². The molecule has 7 heteroatoms. The molecule has 0 aromatic rings. The van der Waals surface area contributed by atoms with Gasteiger partial charge in [-0.2, -0.15) is 0 Å². The molecule has 0 saturated heterocycles. The third-order valence-electron chi connectivity index (χ3n) is 8.98. The van der Waals surface area contributed by atoms with E-state index < -0.39 is 35.7 Å². The summed E-state index contributed by atoms with van der Waals surface area (Å²) in [5.41, 5.74) is 0. The van der Waals surface area contributed by atoms with Crippen molar-refractivity contribution < 1.29 is 34.2 Å². The Morgan fingerprint density at radius 3 is 1.29 bits per heavy atom. The largest absolute Gasteiger partial charge is 0.550 e. The van der Waals surface area contributed by atoms with Crippen LogP contribution in [-0.4, -0.2) is 58.8 Å². The van der Waals surface area contributed by atoms with Crippen molar-refractivity contribution in [1.82, 2.24) is 0 Å². The molecule has 0 radical (unpaired) electrons. The quantitative estimate of drug-likeness (QED) is 0.0501. The number of carboxylic acid groups (broad SMARTS) is 3. The van der Waals surface area contributed by atoms with E-state index in [1.807, 2.05) is 13.8 Å². The van der Waals surface area contributed by atoms with Crippen LogP contribution >= 0.6 is 0 Å². The Morgan fingerprint density at radius 2 is 0.929 bits per heavy atom. The zero-order valence-electron chi connectivity index (χ0n) is 27.6. The monoisotopic (exact) mass is 595 g/mol. The topological polar surface area (TPSA) is 115 Å². The zero-order valence-corrected chi connectivity index (χ0v) is 27.6. The first-order valence-electron chi connectivity index (χ1n) is 17.3. The number of quaternary nitrogens is 1. The number of rotatable bonds is 30. The first kappa shape index (κ1) is 40.1. The van der Waals surface area contributed by atoms with E-state index in [1.165, 1.54) is 64.2 Å². The van der Waals surface area contributed by atoms with Crippen molar-refractivity contribution in [3.05, 3.63) is 12.2 Å². The number of nitrogens with zero attached hydrogens (tertiary/aromatic N) is 1. The van der Waals surface area contributed by atoms with Gasteiger partial charge >= 0.3 is 11.9 Å². The van der Waals surface area contributed by atoms with E-state index in [2.05, 4.69) is 19.1 Å². The number of carboxylic acids is 3. The Labute approximate surface area is 257 Å². The molecule has 0 bridgehead atoms. The van der Waals surface area contributed by atoms with E-state index >= 15 is 0 Å². The molecule has 0 aromatic carbocycles. The fraction of sp³-hybridized carbons (Fsp3) is 0.857. The van der Waals surface area contributed by atoms with Crippen LogP contribution < -0.4 is 5.11 Å². The summed E-state index contributed by atoms with van der Waals surface area (Å²) >= 11 is 0. The molecule has 0 fully saturated rings. The molecule has 7 nitrogen and oxygen atoms in total. The molecule has 42 heavy (non-hydrogen) atoms. The van der Waals surface area contributed by atoms with Gasteiger partial charge in [-0.05, 0) is 57.8 Å². The molecule has 0 aliphatic carbocycles. The normalized spacial score (nSPS) is 15.3. The summed E-state index contributed by atoms with van der Waals surface area (Å²) < 4.78 is 0.209. The summed E-state index contributed by atoms with van der Waals surface area (Å²) in [6.45, 7) is 9.00. The Balaban J connectivity index is 4.75. The van der Waals surface area contributed by atoms with Crippen LogP contribution in [0, 0.1) is 17.8 Å². The molecule has 3 atom stereocenters. The summed E-state index contributed by atoms with van der Waals surface area (Å²) in [4.78, 5) is 35.8. The van der Waals surface area contributed by atoms with Crippen LogP contribution in [-0.2, 0) is 14.4 Å². The molecule has 0 amide bonds. The lowest BCUT2D eigenvalue weighted by molar-refractivity contribution is -0.935. The highest BCUT2D eigenvalue weighted by Crippen LogP contribution is 2.25. The lowest BCUT2D eigenvalue weighted by Gasteiger charge is -2.44. The lowest BCUT2D eigenvalue weighted by Crippen LogP contribution is -2.59. The van der Waals surface area contributed by atoms with Gasteiger partial charge in [0.15, 0.2) is 0 Å². The number of allylic oxidation sites excluding steroid dienone is 2. The molecule has 2 N–H and O–H groups in total. The first-order valence-corrected chi connectivity index (χ1v) is 17.3. The Kier molecular flexibility index (Phi) is 24.4. The second kappa shape index (κ2) is 25.6. The second-order valence-electron chi connectivity index (χ2n) is 12.6. The number of aliphatic carboxylic acids is 3. The maximum Gasteiger partial charge on any atom is 0.312 e. The zero-order chi connectivity index (χ0) is 31.6. The van der Waals surface area contributed by atoms with Gasteiger partial charge in [-0.3, -0.25) is 9.59 Å². The number of hydrogen-bond acceptors (Lipinski definition) is 4. The maximum atomic E-state index is 12.0. The molecular weight excluding hydrogens is 530 g/mol. The molecule has 246 valence electrons. The highest BCUT2D eigenvalue weighted by molar-refractivity contribution is 5.70. The van der Waals surface area contributed by atoms with Crippen LogP contribution in [0.5, 0.6) is 0 Å². The summed E-state index contributed by atoms with van der Waals surface area (Å²) in [7, 11) is 0. The Hall–Kier alpha value is -1.89. The molecule has 0 heterocycles. The van der Waals surface area contributed by atoms with Crippen molar-refractivity contribution in [2.24, 2.45) is 17.8 Å². The highest BCUT2D eigenvalue weighted by Gasteiger charge is 2.39. The fourth-order valence-corrected chi connectivity index (χ4v) is 6.08. The van der Waals surface area contributed by atoms with Crippen LogP contribution in [0.25, 0.3) is 0 Å². The number of carbonyl (C=O) groups excluding carboxylic acids is 1. The summed E-state index contributed by atoms with van der Waals surface area (Å²) in [5, 5.41) is 31.5. The highest BCUT2D eigenvalue weighted by atomic mass is 16.4. The van der Waals surface area contributed by atoms with Crippen LogP contribution in [0.4, 0.5) is 0 Å². The third-order valence-corrected chi connectivity index (χ3v) is 8.98. The van der Waals surface area contributed by atoms with Crippen molar-refractivity contribution in [3.8, 4) is 0 Å². The predicted octanol–water partition coefficient (Wildman–Crippen LogP) is 7.62. The average Bonchev–Trinajstić information content (AvgIpc) is 2.96. The van der Waals surface area contributed by atoms with Crippen molar-refractivity contribution in [2.45, 2.75) is 150 Å². The van der Waals surface area contributed by atoms with E-state index in [0.717, 1.165) is 38.5 Å². The molecule has 0 saturated carbocycles.